The van der Waals surface area contributed by atoms with Crippen LogP contribution in [0.3, 0.4) is 0 Å². The lowest BCUT2D eigenvalue weighted by molar-refractivity contribution is -0.132. The van der Waals surface area contributed by atoms with E-state index < -0.39 is 11.8 Å². The summed E-state index contributed by atoms with van der Waals surface area (Å²) in [7, 11) is 0. The number of primary amides is 1. The average molecular weight is 156 g/mol. The normalized spacial score (nSPS) is 19.0. The van der Waals surface area contributed by atoms with E-state index in [2.05, 4.69) is 5.32 Å². The Morgan fingerprint density at radius 1 is 1.55 bits per heavy atom. The zero-order valence-corrected chi connectivity index (χ0v) is 6.46. The highest BCUT2D eigenvalue weighted by atomic mass is 16.2. The first-order valence-corrected chi connectivity index (χ1v) is 3.71. The number of nitrogens with one attached hydrogen (secondary N) is 1. The summed E-state index contributed by atoms with van der Waals surface area (Å²) in [6.45, 7) is 1.51. The molecular formula is C7H12N2O2. The van der Waals surface area contributed by atoms with Crippen LogP contribution in [0.15, 0.2) is 0 Å². The zero-order chi connectivity index (χ0) is 8.43. The molecule has 0 aromatic rings. The monoisotopic (exact) mass is 156 g/mol. The molecule has 1 fully saturated rings. The maximum Gasteiger partial charge on any atom is 0.232 e. The van der Waals surface area contributed by atoms with Gasteiger partial charge in [-0.2, -0.15) is 0 Å². The first-order chi connectivity index (χ1) is 5.11. The highest BCUT2D eigenvalue weighted by Gasteiger charge is 2.27. The van der Waals surface area contributed by atoms with Gasteiger partial charge in [0.15, 0.2) is 0 Å². The Bertz CT molecular complexity index is 187. The van der Waals surface area contributed by atoms with Crippen molar-refractivity contribution in [2.75, 3.05) is 0 Å². The maximum absolute atomic E-state index is 11.0. The van der Waals surface area contributed by atoms with Crippen LogP contribution in [0.1, 0.15) is 19.8 Å². The standard InChI is InChI=1S/C7H12N2O2/c1-4(6(8)10)7(11)9-5-2-3-5/h4-5H,2-3H2,1H3,(H2,8,10)(H,9,11). The van der Waals surface area contributed by atoms with Gasteiger partial charge in [0, 0.05) is 6.04 Å². The van der Waals surface area contributed by atoms with E-state index in [1.54, 1.807) is 0 Å². The first-order valence-electron chi connectivity index (χ1n) is 3.71. The minimum atomic E-state index is -0.699. The molecule has 0 radical (unpaired) electrons. The number of hydrogen-bond acceptors (Lipinski definition) is 2. The lowest BCUT2D eigenvalue weighted by Gasteiger charge is -2.06. The number of hydrogen-bond donors (Lipinski definition) is 2. The van der Waals surface area contributed by atoms with Crippen LogP contribution in [0, 0.1) is 5.92 Å². The lowest BCUT2D eigenvalue weighted by Crippen LogP contribution is -2.37. The first kappa shape index (κ1) is 8.04. The molecule has 4 heteroatoms. The van der Waals surface area contributed by atoms with Gasteiger partial charge in [-0.3, -0.25) is 9.59 Å². The average Bonchev–Trinajstić information content (AvgIpc) is 2.69. The minimum absolute atomic E-state index is 0.250. The highest BCUT2D eigenvalue weighted by Crippen LogP contribution is 2.18. The van der Waals surface area contributed by atoms with Crippen LogP contribution in [0.2, 0.25) is 0 Å². The molecule has 4 nitrogen and oxygen atoms in total. The molecule has 1 atom stereocenters. The summed E-state index contributed by atoms with van der Waals surface area (Å²) in [5.41, 5.74) is 4.93. The summed E-state index contributed by atoms with van der Waals surface area (Å²) in [4.78, 5) is 21.5. The molecule has 3 N–H and O–H groups in total. The SMILES string of the molecule is CC(C(N)=O)C(=O)NC1CC1. The minimum Gasteiger partial charge on any atom is -0.369 e. The fourth-order valence-corrected chi connectivity index (χ4v) is 0.683. The van der Waals surface area contributed by atoms with E-state index in [4.69, 9.17) is 5.73 Å². The van der Waals surface area contributed by atoms with E-state index in [9.17, 15) is 9.59 Å². The molecule has 1 saturated carbocycles. The maximum atomic E-state index is 11.0. The van der Waals surface area contributed by atoms with Gasteiger partial charge in [0.05, 0.1) is 0 Å². The second kappa shape index (κ2) is 2.90. The second-order valence-electron chi connectivity index (χ2n) is 2.91. The number of rotatable bonds is 3. The van der Waals surface area contributed by atoms with Crippen molar-refractivity contribution < 1.29 is 9.59 Å². The molecule has 62 valence electrons. The van der Waals surface area contributed by atoms with E-state index in [0.29, 0.717) is 6.04 Å². The summed E-state index contributed by atoms with van der Waals surface area (Å²) in [5, 5.41) is 2.70. The lowest BCUT2D eigenvalue weighted by atomic mass is 10.1. The number of nitrogens with two attached hydrogens (primary N) is 1. The van der Waals surface area contributed by atoms with E-state index in [1.807, 2.05) is 0 Å². The third-order valence-electron chi connectivity index (χ3n) is 1.74. The highest BCUT2D eigenvalue weighted by molar-refractivity contribution is 5.99. The van der Waals surface area contributed by atoms with Crippen molar-refractivity contribution in [1.29, 1.82) is 0 Å². The molecule has 1 aliphatic carbocycles. The van der Waals surface area contributed by atoms with Gasteiger partial charge in [-0.25, -0.2) is 0 Å². The molecule has 2 amide bonds. The quantitative estimate of drug-likeness (QED) is 0.535. The summed E-state index contributed by atoms with van der Waals surface area (Å²) >= 11 is 0. The summed E-state index contributed by atoms with van der Waals surface area (Å²) in [5.74, 6) is -1.52. The Labute approximate surface area is 65.1 Å². The molecule has 1 unspecified atom stereocenters. The molecule has 0 aromatic carbocycles. The summed E-state index contributed by atoms with van der Waals surface area (Å²) < 4.78 is 0. The Kier molecular flexibility index (Phi) is 2.12. The van der Waals surface area contributed by atoms with E-state index in [1.165, 1.54) is 6.92 Å². The van der Waals surface area contributed by atoms with Gasteiger partial charge in [0.2, 0.25) is 11.8 Å². The van der Waals surface area contributed by atoms with Crippen molar-refractivity contribution in [3.05, 3.63) is 0 Å². The molecule has 0 spiro atoms. The van der Waals surface area contributed by atoms with Gasteiger partial charge in [0.25, 0.3) is 0 Å². The van der Waals surface area contributed by atoms with Crippen molar-refractivity contribution in [2.24, 2.45) is 11.7 Å². The van der Waals surface area contributed by atoms with Gasteiger partial charge in [-0.05, 0) is 19.8 Å². The molecule has 1 rings (SSSR count). The van der Waals surface area contributed by atoms with Crippen molar-refractivity contribution in [3.8, 4) is 0 Å². The van der Waals surface area contributed by atoms with E-state index in [-0.39, 0.29) is 5.91 Å². The van der Waals surface area contributed by atoms with Crippen LogP contribution >= 0.6 is 0 Å². The molecule has 0 aromatic heterocycles. The molecule has 11 heavy (non-hydrogen) atoms. The van der Waals surface area contributed by atoms with Gasteiger partial charge < -0.3 is 11.1 Å². The van der Waals surface area contributed by atoms with Gasteiger partial charge in [-0.1, -0.05) is 0 Å². The van der Waals surface area contributed by atoms with Crippen LogP contribution in [0.25, 0.3) is 0 Å². The van der Waals surface area contributed by atoms with Crippen LogP contribution in [-0.4, -0.2) is 17.9 Å². The van der Waals surface area contributed by atoms with Crippen LogP contribution in [0.4, 0.5) is 0 Å². The van der Waals surface area contributed by atoms with Crippen LogP contribution in [0.5, 0.6) is 0 Å². The third kappa shape index (κ3) is 2.22. The number of carbonyl (C=O) groups is 2. The molecule has 0 heterocycles. The Balaban J connectivity index is 2.32. The number of amides is 2. The Morgan fingerprint density at radius 3 is 2.45 bits per heavy atom. The van der Waals surface area contributed by atoms with Gasteiger partial charge in [-0.15, -0.1) is 0 Å². The predicted molar refractivity (Wildman–Crippen MR) is 39.5 cm³/mol. The topological polar surface area (TPSA) is 72.2 Å². The predicted octanol–water partition coefficient (Wildman–Crippen LogP) is -0.614. The Morgan fingerprint density at radius 2 is 2.09 bits per heavy atom. The molecule has 0 aliphatic heterocycles. The fourth-order valence-electron chi connectivity index (χ4n) is 0.683. The molecule has 0 saturated heterocycles. The zero-order valence-electron chi connectivity index (χ0n) is 6.46. The third-order valence-corrected chi connectivity index (χ3v) is 1.74. The van der Waals surface area contributed by atoms with Crippen LogP contribution < -0.4 is 11.1 Å². The smallest absolute Gasteiger partial charge is 0.232 e. The van der Waals surface area contributed by atoms with Crippen molar-refractivity contribution in [3.63, 3.8) is 0 Å². The van der Waals surface area contributed by atoms with Crippen LogP contribution in [-0.2, 0) is 9.59 Å². The van der Waals surface area contributed by atoms with Gasteiger partial charge in [0.1, 0.15) is 5.92 Å². The molecular weight excluding hydrogens is 144 g/mol. The molecule has 1 aliphatic rings. The van der Waals surface area contributed by atoms with E-state index >= 15 is 0 Å². The van der Waals surface area contributed by atoms with Crippen molar-refractivity contribution in [1.82, 2.24) is 5.32 Å². The van der Waals surface area contributed by atoms with Crippen molar-refractivity contribution >= 4 is 11.8 Å². The second-order valence-corrected chi connectivity index (χ2v) is 2.91. The Hall–Kier alpha value is -1.06. The fraction of sp³-hybridized carbons (Fsp3) is 0.714. The largest absolute Gasteiger partial charge is 0.369 e. The summed E-state index contributed by atoms with van der Waals surface area (Å²) in [6, 6.07) is 0.296. The van der Waals surface area contributed by atoms with Gasteiger partial charge >= 0.3 is 0 Å². The number of carbonyl (C=O) groups excluding carboxylic acids is 2. The van der Waals surface area contributed by atoms with E-state index in [0.717, 1.165) is 12.8 Å². The molecule has 0 bridgehead atoms. The van der Waals surface area contributed by atoms with Crippen molar-refractivity contribution in [2.45, 2.75) is 25.8 Å². The summed E-state index contributed by atoms with van der Waals surface area (Å²) in [6.07, 6.45) is 2.05.